The molecule has 0 atom stereocenters. The molecule has 0 bridgehead atoms. The molecule has 2 aromatic carbocycles. The highest BCUT2D eigenvalue weighted by atomic mass is 16.4. The normalized spacial score (nSPS) is 10.6. The second-order valence-electron chi connectivity index (χ2n) is 5.58. The standard InChI is InChI=1S/C19H11N3O4/c23-16-4-2-11(8-17(16)24)21-18-13-5-6-20-9-14(13)12-3-1-10(19(25)26)7-15(12)22-18/h2,4-9,23-24H,(H,21,22)(H,25,26). The van der Waals surface area contributed by atoms with E-state index in [1.54, 1.807) is 24.5 Å². The summed E-state index contributed by atoms with van der Waals surface area (Å²) in [5, 5.41) is 33.4. The molecule has 0 saturated heterocycles. The van der Waals surface area contributed by atoms with E-state index in [-0.39, 0.29) is 17.1 Å². The molecule has 0 saturated carbocycles. The van der Waals surface area contributed by atoms with Crippen LogP contribution in [0.1, 0.15) is 10.4 Å². The Balaban J connectivity index is 1.93. The Labute approximate surface area is 147 Å². The van der Waals surface area contributed by atoms with Crippen molar-refractivity contribution >= 4 is 39.1 Å². The summed E-state index contributed by atoms with van der Waals surface area (Å²) >= 11 is 0. The molecule has 0 fully saturated rings. The van der Waals surface area contributed by atoms with Crippen molar-refractivity contribution in [2.45, 2.75) is 0 Å². The summed E-state index contributed by atoms with van der Waals surface area (Å²) in [6.45, 7) is 0. The molecule has 2 heterocycles. The number of pyridine rings is 2. The number of rotatable bonds is 3. The lowest BCUT2D eigenvalue weighted by Gasteiger charge is -2.11. The average molecular weight is 345 g/mol. The van der Waals surface area contributed by atoms with Gasteiger partial charge in [-0.1, -0.05) is 12.1 Å². The molecule has 4 aromatic rings. The van der Waals surface area contributed by atoms with Crippen molar-refractivity contribution in [2.24, 2.45) is 0 Å². The molecule has 0 aliphatic carbocycles. The lowest BCUT2D eigenvalue weighted by molar-refractivity contribution is 0.0697. The van der Waals surface area contributed by atoms with E-state index in [0.29, 0.717) is 22.4 Å². The number of aromatic carboxylic acids is 1. The third-order valence-electron chi connectivity index (χ3n) is 3.91. The predicted octanol–water partition coefficient (Wildman–Crippen LogP) is 3.24. The van der Waals surface area contributed by atoms with Crippen molar-refractivity contribution in [3.05, 3.63) is 60.4 Å². The van der Waals surface area contributed by atoms with Crippen LogP contribution < -0.4 is 5.32 Å². The van der Waals surface area contributed by atoms with E-state index in [2.05, 4.69) is 27.4 Å². The molecule has 7 heteroatoms. The minimum Gasteiger partial charge on any atom is -0.504 e. The summed E-state index contributed by atoms with van der Waals surface area (Å²) in [4.78, 5) is 19.8. The fourth-order valence-corrected chi connectivity index (χ4v) is 2.66. The number of benzene rings is 1. The highest BCUT2D eigenvalue weighted by molar-refractivity contribution is 6.10. The van der Waals surface area contributed by atoms with E-state index >= 15 is 0 Å². The minimum atomic E-state index is -1.12. The SMILES string of the molecule is O=C(O)c1c#cc2c(c1)nc(Nc1ccc(O)c(O)c1)c1ccncc12. The Morgan fingerprint density at radius 1 is 1.04 bits per heavy atom. The van der Waals surface area contributed by atoms with Gasteiger partial charge in [0, 0.05) is 34.9 Å². The number of hydrogen-bond acceptors (Lipinski definition) is 6. The van der Waals surface area contributed by atoms with Crippen LogP contribution in [0.4, 0.5) is 11.5 Å². The van der Waals surface area contributed by atoms with Crippen LogP contribution in [-0.2, 0) is 0 Å². The van der Waals surface area contributed by atoms with Gasteiger partial charge >= 0.3 is 5.97 Å². The van der Waals surface area contributed by atoms with Gasteiger partial charge in [0.2, 0.25) is 0 Å². The van der Waals surface area contributed by atoms with Crippen molar-refractivity contribution in [1.29, 1.82) is 0 Å². The third kappa shape index (κ3) is 2.56. The first kappa shape index (κ1) is 15.5. The van der Waals surface area contributed by atoms with E-state index in [4.69, 9.17) is 5.11 Å². The molecule has 7 nitrogen and oxygen atoms in total. The molecule has 4 rings (SSSR count). The van der Waals surface area contributed by atoms with Crippen LogP contribution in [0.25, 0.3) is 21.7 Å². The predicted molar refractivity (Wildman–Crippen MR) is 94.7 cm³/mol. The molecule has 0 spiro atoms. The van der Waals surface area contributed by atoms with Crippen LogP contribution in [0.15, 0.2) is 42.7 Å². The van der Waals surface area contributed by atoms with E-state index in [9.17, 15) is 15.0 Å². The molecule has 126 valence electrons. The van der Waals surface area contributed by atoms with Crippen LogP contribution in [0.2, 0.25) is 0 Å². The molecule has 2 aromatic heterocycles. The van der Waals surface area contributed by atoms with Gasteiger partial charge in [-0.3, -0.25) is 4.98 Å². The van der Waals surface area contributed by atoms with Gasteiger partial charge in [0.05, 0.1) is 10.9 Å². The van der Waals surface area contributed by atoms with Gasteiger partial charge in [0.25, 0.3) is 0 Å². The second kappa shape index (κ2) is 5.79. The number of anilines is 2. The Hall–Kier alpha value is -4.05. The molecule has 0 aliphatic rings. The maximum absolute atomic E-state index is 11.2. The lowest BCUT2D eigenvalue weighted by Crippen LogP contribution is -1.98. The lowest BCUT2D eigenvalue weighted by atomic mass is 10.1. The van der Waals surface area contributed by atoms with Crippen molar-refractivity contribution in [2.75, 3.05) is 5.32 Å². The van der Waals surface area contributed by atoms with Crippen molar-refractivity contribution in [3.8, 4) is 11.5 Å². The van der Waals surface area contributed by atoms with E-state index in [0.717, 1.165) is 10.8 Å². The number of phenolic OH excluding ortho intramolecular Hbond substituents is 2. The van der Waals surface area contributed by atoms with Crippen LogP contribution in [-0.4, -0.2) is 31.3 Å². The first-order chi connectivity index (χ1) is 12.5. The van der Waals surface area contributed by atoms with Gasteiger partial charge in [0.15, 0.2) is 11.5 Å². The van der Waals surface area contributed by atoms with Gasteiger partial charge in [-0.25, -0.2) is 9.78 Å². The van der Waals surface area contributed by atoms with Crippen molar-refractivity contribution < 1.29 is 20.1 Å². The topological polar surface area (TPSA) is 116 Å². The Morgan fingerprint density at radius 3 is 2.65 bits per heavy atom. The largest absolute Gasteiger partial charge is 0.504 e. The maximum atomic E-state index is 11.2. The average Bonchev–Trinajstić information content (AvgIpc) is 2.64. The van der Waals surface area contributed by atoms with Crippen LogP contribution in [0, 0.1) is 12.1 Å². The summed E-state index contributed by atoms with van der Waals surface area (Å²) in [6, 6.07) is 12.9. The summed E-state index contributed by atoms with van der Waals surface area (Å²) in [5.41, 5.74) is 0.892. The fourth-order valence-electron chi connectivity index (χ4n) is 2.66. The second-order valence-corrected chi connectivity index (χ2v) is 5.58. The summed E-state index contributed by atoms with van der Waals surface area (Å²) in [5.74, 6) is -1.16. The maximum Gasteiger partial charge on any atom is 0.344 e. The number of nitrogens with zero attached hydrogens (tertiary/aromatic N) is 2. The van der Waals surface area contributed by atoms with E-state index in [1.807, 2.05) is 0 Å². The highest BCUT2D eigenvalue weighted by Gasteiger charge is 2.12. The van der Waals surface area contributed by atoms with E-state index in [1.165, 1.54) is 18.2 Å². The van der Waals surface area contributed by atoms with Crippen LogP contribution >= 0.6 is 0 Å². The van der Waals surface area contributed by atoms with Crippen molar-refractivity contribution in [3.63, 3.8) is 0 Å². The molecule has 0 amide bonds. The first-order valence-electron chi connectivity index (χ1n) is 7.56. The summed E-state index contributed by atoms with van der Waals surface area (Å²) < 4.78 is 0. The van der Waals surface area contributed by atoms with Gasteiger partial charge in [-0.15, -0.1) is 0 Å². The molecule has 0 aliphatic heterocycles. The highest BCUT2D eigenvalue weighted by Crippen LogP contribution is 2.32. The number of carboxylic acids is 1. The number of aromatic nitrogens is 2. The number of hydrogen-bond donors (Lipinski definition) is 4. The molecule has 0 unspecified atom stereocenters. The summed E-state index contributed by atoms with van der Waals surface area (Å²) in [7, 11) is 0. The first-order valence-corrected chi connectivity index (χ1v) is 7.56. The van der Waals surface area contributed by atoms with Gasteiger partial charge in [0.1, 0.15) is 11.4 Å². The number of carboxylic acid groups (broad SMARTS) is 1. The number of fused-ring (bicyclic) bond motifs is 3. The zero-order valence-corrected chi connectivity index (χ0v) is 13.2. The molecule has 4 N–H and O–H groups in total. The Kier molecular flexibility index (Phi) is 3.45. The van der Waals surface area contributed by atoms with E-state index < -0.39 is 5.97 Å². The zero-order chi connectivity index (χ0) is 18.3. The van der Waals surface area contributed by atoms with Crippen LogP contribution in [0.3, 0.4) is 0 Å². The smallest absolute Gasteiger partial charge is 0.344 e. The quantitative estimate of drug-likeness (QED) is 0.333. The number of aromatic hydroxyl groups is 2. The van der Waals surface area contributed by atoms with Gasteiger partial charge in [-0.2, -0.15) is 0 Å². The van der Waals surface area contributed by atoms with Crippen LogP contribution in [0.5, 0.6) is 11.5 Å². The van der Waals surface area contributed by atoms with Crippen molar-refractivity contribution in [1.82, 2.24) is 9.97 Å². The monoisotopic (exact) mass is 345 g/mol. The fraction of sp³-hybridized carbons (Fsp3) is 0. The van der Waals surface area contributed by atoms with Gasteiger partial charge in [-0.05, 0) is 24.3 Å². The molecular formula is C19H11N3O4. The number of phenols is 2. The molecular weight excluding hydrogens is 334 g/mol. The van der Waals surface area contributed by atoms with Gasteiger partial charge < -0.3 is 20.6 Å². The third-order valence-corrected chi connectivity index (χ3v) is 3.91. The molecule has 0 radical (unpaired) electrons. The Bertz CT molecular complexity index is 1170. The summed E-state index contributed by atoms with van der Waals surface area (Å²) in [6.07, 6.45) is 3.26. The number of carbonyl (C=O) groups is 1. The molecule has 26 heavy (non-hydrogen) atoms. The zero-order valence-electron chi connectivity index (χ0n) is 13.2. The number of nitrogens with one attached hydrogen (secondary N) is 1. The Morgan fingerprint density at radius 2 is 1.88 bits per heavy atom. The minimum absolute atomic E-state index is 0.0403.